The number of nitro groups is 1. The summed E-state index contributed by atoms with van der Waals surface area (Å²) in [6, 6.07) is 15.1. The molecule has 0 saturated carbocycles. The van der Waals surface area contributed by atoms with Crippen molar-refractivity contribution in [3.8, 4) is 0 Å². The highest BCUT2D eigenvalue weighted by atomic mass is 35.5. The Morgan fingerprint density at radius 3 is 2.06 bits per heavy atom. The fraction of sp³-hybridized carbons (Fsp3) is 0.458. The van der Waals surface area contributed by atoms with E-state index >= 15 is 0 Å². The van der Waals surface area contributed by atoms with Crippen LogP contribution in [0.1, 0.15) is 25.5 Å². The molecule has 2 unspecified atom stereocenters. The minimum Gasteiger partial charge on any atom is -0.369 e. The van der Waals surface area contributed by atoms with Crippen LogP contribution in [-0.4, -0.2) is 73.9 Å². The number of likely N-dealkylation sites (N-methyl/N-ethyl adjacent to an activating group) is 1. The highest BCUT2D eigenvalue weighted by Gasteiger charge is 2.53. The summed E-state index contributed by atoms with van der Waals surface area (Å²) in [5, 5.41) is 12.0. The van der Waals surface area contributed by atoms with Crippen molar-refractivity contribution < 1.29 is 13.3 Å². The molecular formula is C24H31Cl2N5O4S. The average molecular weight is 557 g/mol. The molecule has 0 aromatic heterocycles. The van der Waals surface area contributed by atoms with Crippen molar-refractivity contribution >= 4 is 50.4 Å². The van der Waals surface area contributed by atoms with Gasteiger partial charge in [-0.05, 0) is 43.7 Å². The molecule has 2 atom stereocenters. The topological polar surface area (TPSA) is 99.4 Å². The van der Waals surface area contributed by atoms with E-state index in [-0.39, 0.29) is 5.84 Å². The van der Waals surface area contributed by atoms with Gasteiger partial charge in [0, 0.05) is 49.6 Å². The maximum atomic E-state index is 13.8. The average Bonchev–Trinajstić information content (AvgIpc) is 3.22. The Morgan fingerprint density at radius 2 is 1.56 bits per heavy atom. The van der Waals surface area contributed by atoms with Crippen LogP contribution in [-0.2, 0) is 10.0 Å². The molecule has 1 aliphatic heterocycles. The Hall–Kier alpha value is -2.56. The molecule has 1 heterocycles. The third-order valence-corrected chi connectivity index (χ3v) is 9.21. The number of alkyl halides is 2. The van der Waals surface area contributed by atoms with Crippen LogP contribution in [0.2, 0.25) is 0 Å². The third kappa shape index (κ3) is 5.26. The largest absolute Gasteiger partial charge is 0.369 e. The molecule has 12 heteroatoms. The van der Waals surface area contributed by atoms with Crippen molar-refractivity contribution in [2.75, 3.05) is 48.1 Å². The summed E-state index contributed by atoms with van der Waals surface area (Å²) in [6.45, 7) is 4.27. The Labute approximate surface area is 222 Å². The number of benzene rings is 2. The fourth-order valence-electron chi connectivity index (χ4n) is 4.40. The van der Waals surface area contributed by atoms with Gasteiger partial charge >= 0.3 is 6.17 Å². The summed E-state index contributed by atoms with van der Waals surface area (Å²) in [7, 11) is -1.05. The Bertz CT molecular complexity index is 1190. The molecule has 1 aliphatic rings. The number of amidine groups is 1. The number of nitrogens with zero attached hydrogens (tertiary/aromatic N) is 5. The molecule has 9 nitrogen and oxygen atoms in total. The standard InChI is InChI=1S/C24H31Cl2N5O4S/c1-24(2,23-27-21(18-8-6-5-7-9-18)22(28(23)3)31(32)33)36(34,35)29(4)19-10-12-20(13-11-19)30(16-14-25)17-15-26/h5-13,21-22H,14-17H2,1-4H3. The van der Waals surface area contributed by atoms with Gasteiger partial charge in [0.1, 0.15) is 10.6 Å². The molecule has 0 fully saturated rings. The third-order valence-electron chi connectivity index (χ3n) is 6.46. The summed E-state index contributed by atoms with van der Waals surface area (Å²) in [5.74, 6) is 1.01. The molecule has 0 spiro atoms. The number of hydrogen-bond donors (Lipinski definition) is 0. The number of anilines is 2. The minimum absolute atomic E-state index is 0.136. The van der Waals surface area contributed by atoms with Gasteiger partial charge in [-0.25, -0.2) is 8.42 Å². The van der Waals surface area contributed by atoms with Gasteiger partial charge in [-0.15, -0.1) is 23.2 Å². The van der Waals surface area contributed by atoms with Gasteiger partial charge in [-0.1, -0.05) is 30.3 Å². The van der Waals surface area contributed by atoms with Crippen LogP contribution in [0.3, 0.4) is 0 Å². The van der Waals surface area contributed by atoms with E-state index in [1.165, 1.54) is 37.1 Å². The second-order valence-corrected chi connectivity index (χ2v) is 12.3. The number of halogens is 2. The van der Waals surface area contributed by atoms with Crippen molar-refractivity contribution in [2.45, 2.75) is 30.8 Å². The molecule has 0 radical (unpaired) electrons. The number of hydrogen-bond acceptors (Lipinski definition) is 7. The van der Waals surface area contributed by atoms with Crippen LogP contribution in [0.4, 0.5) is 11.4 Å². The van der Waals surface area contributed by atoms with E-state index < -0.39 is 31.9 Å². The van der Waals surface area contributed by atoms with Gasteiger partial charge in [-0.3, -0.25) is 24.3 Å². The molecule has 2 aromatic carbocycles. The summed E-state index contributed by atoms with van der Waals surface area (Å²) in [5.41, 5.74) is 1.98. The van der Waals surface area contributed by atoms with Crippen molar-refractivity contribution in [1.82, 2.24) is 4.90 Å². The number of rotatable bonds is 11. The highest BCUT2D eigenvalue weighted by molar-refractivity contribution is 7.94. The van der Waals surface area contributed by atoms with Crippen LogP contribution in [0.5, 0.6) is 0 Å². The van der Waals surface area contributed by atoms with Crippen LogP contribution in [0, 0.1) is 10.1 Å². The van der Waals surface area contributed by atoms with Gasteiger partial charge in [0.2, 0.25) is 10.0 Å². The maximum Gasteiger partial charge on any atom is 0.314 e. The number of aliphatic imine (C=N–C) groups is 1. The molecule has 0 bridgehead atoms. The molecule has 0 saturated heterocycles. The van der Waals surface area contributed by atoms with E-state index in [1.807, 2.05) is 23.1 Å². The molecule has 3 rings (SSSR count). The smallest absolute Gasteiger partial charge is 0.314 e. The minimum atomic E-state index is -4.03. The van der Waals surface area contributed by atoms with Crippen LogP contribution in [0.15, 0.2) is 59.6 Å². The van der Waals surface area contributed by atoms with E-state index in [2.05, 4.69) is 4.99 Å². The first-order chi connectivity index (χ1) is 17.0. The second kappa shape index (κ2) is 11.2. The van der Waals surface area contributed by atoms with Crippen molar-refractivity contribution in [2.24, 2.45) is 4.99 Å². The first-order valence-corrected chi connectivity index (χ1v) is 13.9. The molecule has 36 heavy (non-hydrogen) atoms. The lowest BCUT2D eigenvalue weighted by Crippen LogP contribution is -2.54. The normalized spacial score (nSPS) is 18.2. The fourth-order valence-corrected chi connectivity index (χ4v) is 6.32. The second-order valence-electron chi connectivity index (χ2n) is 8.98. The Kier molecular flexibility index (Phi) is 8.74. The van der Waals surface area contributed by atoms with E-state index in [4.69, 9.17) is 23.2 Å². The zero-order chi connectivity index (χ0) is 26.7. The lowest BCUT2D eigenvalue weighted by atomic mass is 10.1. The SMILES string of the molecule is CN1C(C(C)(C)S(=O)(=O)N(C)c2ccc(N(CCCl)CCCl)cc2)=NC(c2ccccc2)C1[N+](=O)[O-]. The lowest BCUT2D eigenvalue weighted by Gasteiger charge is -2.34. The monoisotopic (exact) mass is 555 g/mol. The highest BCUT2D eigenvalue weighted by Crippen LogP contribution is 2.37. The zero-order valence-electron chi connectivity index (χ0n) is 20.7. The predicted octanol–water partition coefficient (Wildman–Crippen LogP) is 4.20. The molecule has 2 aromatic rings. The summed E-state index contributed by atoms with van der Waals surface area (Å²) < 4.78 is 27.3. The molecule has 196 valence electrons. The molecular weight excluding hydrogens is 525 g/mol. The van der Waals surface area contributed by atoms with Crippen molar-refractivity contribution in [3.63, 3.8) is 0 Å². The molecule has 0 aliphatic carbocycles. The van der Waals surface area contributed by atoms with Gasteiger partial charge in [0.05, 0.1) is 5.69 Å². The first kappa shape index (κ1) is 28.0. The summed E-state index contributed by atoms with van der Waals surface area (Å²) in [4.78, 5) is 19.5. The van der Waals surface area contributed by atoms with E-state index in [9.17, 15) is 18.5 Å². The van der Waals surface area contributed by atoms with E-state index in [0.29, 0.717) is 36.1 Å². The van der Waals surface area contributed by atoms with Gasteiger partial charge in [0.25, 0.3) is 0 Å². The van der Waals surface area contributed by atoms with Crippen molar-refractivity contribution in [1.29, 1.82) is 0 Å². The van der Waals surface area contributed by atoms with Crippen LogP contribution >= 0.6 is 23.2 Å². The van der Waals surface area contributed by atoms with Crippen LogP contribution in [0.25, 0.3) is 0 Å². The van der Waals surface area contributed by atoms with Crippen molar-refractivity contribution in [3.05, 3.63) is 70.3 Å². The van der Waals surface area contributed by atoms with Crippen LogP contribution < -0.4 is 9.21 Å². The number of sulfonamides is 1. The lowest BCUT2D eigenvalue weighted by molar-refractivity contribution is -0.545. The van der Waals surface area contributed by atoms with Gasteiger partial charge in [-0.2, -0.15) is 0 Å². The zero-order valence-corrected chi connectivity index (χ0v) is 23.0. The van der Waals surface area contributed by atoms with Gasteiger partial charge < -0.3 is 4.90 Å². The Morgan fingerprint density at radius 1 is 1.03 bits per heavy atom. The molecule has 0 amide bonds. The predicted molar refractivity (Wildman–Crippen MR) is 147 cm³/mol. The quantitative estimate of drug-likeness (QED) is 0.234. The first-order valence-electron chi connectivity index (χ1n) is 11.4. The summed E-state index contributed by atoms with van der Waals surface area (Å²) in [6.07, 6.45) is -1.21. The summed E-state index contributed by atoms with van der Waals surface area (Å²) >= 11 is 11.8. The van der Waals surface area contributed by atoms with E-state index in [0.717, 1.165) is 5.69 Å². The van der Waals surface area contributed by atoms with E-state index in [1.54, 1.807) is 36.4 Å². The Balaban J connectivity index is 1.94. The molecule has 0 N–H and O–H groups in total. The van der Waals surface area contributed by atoms with Gasteiger partial charge in [0.15, 0.2) is 6.04 Å². The maximum absolute atomic E-state index is 13.8.